The maximum absolute atomic E-state index is 10.5. The number of alkyl halides is 3. The Morgan fingerprint density at radius 1 is 1.23 bits per heavy atom. The van der Waals surface area contributed by atoms with Crippen molar-refractivity contribution >= 4 is 46.7 Å². The predicted octanol–water partition coefficient (Wildman–Crippen LogP) is 1.92. The molecule has 0 heterocycles. The summed E-state index contributed by atoms with van der Waals surface area (Å²) >= 11 is 16.0. The van der Waals surface area contributed by atoms with Gasteiger partial charge in [0.2, 0.25) is 3.79 Å². The molecule has 0 saturated heterocycles. The van der Waals surface area contributed by atoms with Crippen LogP contribution in [0.25, 0.3) is 0 Å². The van der Waals surface area contributed by atoms with Crippen LogP contribution < -0.4 is 0 Å². The fourth-order valence-corrected chi connectivity index (χ4v) is 1.30. The highest BCUT2D eigenvalue weighted by Crippen LogP contribution is 2.37. The summed E-state index contributed by atoms with van der Waals surface area (Å²) in [4.78, 5) is 20.6. The average Bonchev–Trinajstić information content (AvgIpc) is 1.81. The summed E-state index contributed by atoms with van der Waals surface area (Å²) < 4.78 is -1.97. The van der Waals surface area contributed by atoms with Crippen molar-refractivity contribution < 1.29 is 19.8 Å². The minimum Gasteiger partial charge on any atom is -0.481 e. The zero-order chi connectivity index (χ0) is 10.6. The van der Waals surface area contributed by atoms with Crippen LogP contribution in [0.2, 0.25) is 0 Å². The van der Waals surface area contributed by atoms with Gasteiger partial charge in [0.15, 0.2) is 0 Å². The van der Waals surface area contributed by atoms with Gasteiger partial charge in [-0.3, -0.25) is 9.59 Å². The van der Waals surface area contributed by atoms with Gasteiger partial charge in [0, 0.05) is 6.42 Å². The Balaban J connectivity index is 4.28. The molecule has 0 spiro atoms. The second kappa shape index (κ2) is 4.88. The van der Waals surface area contributed by atoms with Gasteiger partial charge in [-0.25, -0.2) is 0 Å². The van der Waals surface area contributed by atoms with E-state index in [4.69, 9.17) is 45.0 Å². The first-order chi connectivity index (χ1) is 5.75. The first kappa shape index (κ1) is 12.8. The fraction of sp³-hybridized carbons (Fsp3) is 0.667. The number of carboxylic acid groups (broad SMARTS) is 2. The lowest BCUT2D eigenvalue weighted by atomic mass is 10.1. The van der Waals surface area contributed by atoms with Gasteiger partial charge in [0.05, 0.1) is 0 Å². The lowest BCUT2D eigenvalue weighted by Gasteiger charge is -2.18. The summed E-state index contributed by atoms with van der Waals surface area (Å²) in [6.45, 7) is 0. The SMILES string of the molecule is O=C(O)CCC(C(=O)O)C(Cl)(Cl)Cl. The van der Waals surface area contributed by atoms with Crippen molar-refractivity contribution in [3.8, 4) is 0 Å². The van der Waals surface area contributed by atoms with Crippen LogP contribution in [-0.2, 0) is 9.59 Å². The van der Waals surface area contributed by atoms with Gasteiger partial charge in [0.25, 0.3) is 0 Å². The molecule has 0 aromatic carbocycles. The first-order valence-corrected chi connectivity index (χ1v) is 4.40. The van der Waals surface area contributed by atoms with E-state index in [1.807, 2.05) is 0 Å². The van der Waals surface area contributed by atoms with Crippen LogP contribution in [0.3, 0.4) is 0 Å². The smallest absolute Gasteiger partial charge is 0.310 e. The minimum absolute atomic E-state index is 0.207. The number of carbonyl (C=O) groups is 2. The van der Waals surface area contributed by atoms with E-state index >= 15 is 0 Å². The second-order valence-electron chi connectivity index (χ2n) is 2.36. The lowest BCUT2D eigenvalue weighted by Crippen LogP contribution is -2.28. The number of carboxylic acids is 2. The highest BCUT2D eigenvalue weighted by Gasteiger charge is 2.38. The normalized spacial score (nSPS) is 13.8. The Hall–Kier alpha value is -0.190. The van der Waals surface area contributed by atoms with Gasteiger partial charge in [0.1, 0.15) is 5.92 Å². The van der Waals surface area contributed by atoms with Crippen LogP contribution in [0.15, 0.2) is 0 Å². The van der Waals surface area contributed by atoms with E-state index in [-0.39, 0.29) is 12.8 Å². The molecule has 0 saturated carbocycles. The zero-order valence-corrected chi connectivity index (χ0v) is 8.60. The van der Waals surface area contributed by atoms with Gasteiger partial charge < -0.3 is 10.2 Å². The molecule has 0 amide bonds. The van der Waals surface area contributed by atoms with Crippen LogP contribution in [0.4, 0.5) is 0 Å². The van der Waals surface area contributed by atoms with Gasteiger partial charge >= 0.3 is 11.9 Å². The van der Waals surface area contributed by atoms with Crippen LogP contribution in [0.5, 0.6) is 0 Å². The molecule has 0 aromatic heterocycles. The first-order valence-electron chi connectivity index (χ1n) is 3.26. The Morgan fingerprint density at radius 3 is 1.92 bits per heavy atom. The van der Waals surface area contributed by atoms with Crippen molar-refractivity contribution in [1.29, 1.82) is 0 Å². The monoisotopic (exact) mass is 248 g/mol. The second-order valence-corrected chi connectivity index (χ2v) is 4.73. The summed E-state index contributed by atoms with van der Waals surface area (Å²) in [6.07, 6.45) is -0.550. The largest absolute Gasteiger partial charge is 0.481 e. The van der Waals surface area contributed by atoms with E-state index < -0.39 is 21.6 Å². The molecule has 1 atom stereocenters. The molecule has 0 rings (SSSR count). The molecule has 4 nitrogen and oxygen atoms in total. The number of aliphatic carboxylic acids is 2. The molecule has 13 heavy (non-hydrogen) atoms. The molecule has 0 aromatic rings. The van der Waals surface area contributed by atoms with Crippen molar-refractivity contribution in [3.63, 3.8) is 0 Å². The highest BCUT2D eigenvalue weighted by atomic mass is 35.6. The third-order valence-electron chi connectivity index (χ3n) is 1.34. The summed E-state index contributed by atoms with van der Waals surface area (Å²) in [6, 6.07) is 0. The van der Waals surface area contributed by atoms with Crippen molar-refractivity contribution in [2.45, 2.75) is 16.6 Å². The van der Waals surface area contributed by atoms with Crippen molar-refractivity contribution in [2.75, 3.05) is 0 Å². The van der Waals surface area contributed by atoms with Crippen molar-refractivity contribution in [2.24, 2.45) is 5.92 Å². The number of hydrogen-bond donors (Lipinski definition) is 2. The van der Waals surface area contributed by atoms with Crippen LogP contribution in [-0.4, -0.2) is 25.9 Å². The predicted molar refractivity (Wildman–Crippen MR) is 48.3 cm³/mol. The standard InChI is InChI=1S/C6H7Cl3O4/c7-6(8,9)3(5(12)13)1-2-4(10)11/h3H,1-2H2,(H,10,11)(H,12,13). The van der Waals surface area contributed by atoms with Crippen molar-refractivity contribution in [1.82, 2.24) is 0 Å². The molecule has 7 heteroatoms. The van der Waals surface area contributed by atoms with E-state index in [0.29, 0.717) is 0 Å². The van der Waals surface area contributed by atoms with E-state index in [0.717, 1.165) is 0 Å². The van der Waals surface area contributed by atoms with Crippen LogP contribution in [0.1, 0.15) is 12.8 Å². The number of halogens is 3. The minimum atomic E-state index is -1.97. The quantitative estimate of drug-likeness (QED) is 0.747. The highest BCUT2D eigenvalue weighted by molar-refractivity contribution is 6.68. The van der Waals surface area contributed by atoms with Gasteiger partial charge in [-0.05, 0) is 6.42 Å². The Kier molecular flexibility index (Phi) is 4.81. The molecule has 0 aliphatic heterocycles. The summed E-state index contributed by atoms with van der Waals surface area (Å²) in [7, 11) is 0. The Morgan fingerprint density at radius 2 is 1.69 bits per heavy atom. The Labute approximate surface area is 89.4 Å². The van der Waals surface area contributed by atoms with E-state index in [9.17, 15) is 9.59 Å². The summed E-state index contributed by atoms with van der Waals surface area (Å²) in [5.41, 5.74) is 0. The number of rotatable bonds is 4. The third kappa shape index (κ3) is 5.18. The van der Waals surface area contributed by atoms with E-state index in [1.165, 1.54) is 0 Å². The molecule has 76 valence electrons. The lowest BCUT2D eigenvalue weighted by molar-refractivity contribution is -0.142. The van der Waals surface area contributed by atoms with Gasteiger partial charge in [-0.1, -0.05) is 34.8 Å². The average molecular weight is 249 g/mol. The molecular formula is C6H7Cl3O4. The summed E-state index contributed by atoms with van der Waals surface area (Å²) in [5.74, 6) is -3.74. The molecular weight excluding hydrogens is 242 g/mol. The zero-order valence-electron chi connectivity index (χ0n) is 6.34. The van der Waals surface area contributed by atoms with Crippen molar-refractivity contribution in [3.05, 3.63) is 0 Å². The van der Waals surface area contributed by atoms with E-state index in [1.54, 1.807) is 0 Å². The molecule has 0 aliphatic carbocycles. The van der Waals surface area contributed by atoms with Gasteiger partial charge in [-0.2, -0.15) is 0 Å². The molecule has 2 N–H and O–H groups in total. The molecule has 1 unspecified atom stereocenters. The molecule has 0 radical (unpaired) electrons. The Bertz CT molecular complexity index is 210. The van der Waals surface area contributed by atoms with E-state index in [2.05, 4.69) is 0 Å². The number of hydrogen-bond acceptors (Lipinski definition) is 2. The molecule has 0 bridgehead atoms. The topological polar surface area (TPSA) is 74.6 Å². The third-order valence-corrected chi connectivity index (χ3v) is 2.13. The van der Waals surface area contributed by atoms with Gasteiger partial charge in [-0.15, -0.1) is 0 Å². The summed E-state index contributed by atoms with van der Waals surface area (Å²) in [5, 5.41) is 16.9. The molecule has 0 aliphatic rings. The van der Waals surface area contributed by atoms with Crippen LogP contribution >= 0.6 is 34.8 Å². The fourth-order valence-electron chi connectivity index (χ4n) is 0.695. The maximum Gasteiger partial charge on any atom is 0.310 e. The molecule has 0 fully saturated rings. The van der Waals surface area contributed by atoms with Crippen LogP contribution in [0, 0.1) is 5.92 Å². The maximum atomic E-state index is 10.5.